The van der Waals surface area contributed by atoms with Gasteiger partial charge in [-0.3, -0.25) is 6.67 Å². The number of hydrogen-bond acceptors (Lipinski definition) is 1. The molecule has 30 heavy (non-hydrogen) atoms. The van der Waals surface area contributed by atoms with Crippen LogP contribution in [0.4, 0.5) is 0 Å². The molecule has 0 spiro atoms. The first-order chi connectivity index (χ1) is 14.0. The molecule has 1 aliphatic heterocycles. The van der Waals surface area contributed by atoms with Crippen LogP contribution in [0.1, 0.15) is 25.3 Å². The van der Waals surface area contributed by atoms with Gasteiger partial charge in [-0.15, -0.1) is 13.3 Å². The molecule has 1 saturated heterocycles. The van der Waals surface area contributed by atoms with Gasteiger partial charge in [-0.1, -0.05) is 75.0 Å². The van der Waals surface area contributed by atoms with Crippen molar-refractivity contribution in [3.8, 4) is 0 Å². The van der Waals surface area contributed by atoms with E-state index < -0.39 is 25.3 Å². The Kier molecular flexibility index (Phi) is 10.9. The van der Waals surface area contributed by atoms with E-state index >= 15 is 0 Å². The quantitative estimate of drug-likeness (QED) is 0.310. The average Bonchev–Trinajstić information content (AvgIpc) is 3.15. The fourth-order valence-electron chi connectivity index (χ4n) is 5.62. The first-order valence-electron chi connectivity index (χ1n) is 10.5. The van der Waals surface area contributed by atoms with Crippen LogP contribution in [0.5, 0.6) is 0 Å². The number of halogens is 2. The van der Waals surface area contributed by atoms with E-state index in [9.17, 15) is 0 Å². The van der Waals surface area contributed by atoms with E-state index in [0.29, 0.717) is 18.5 Å². The zero-order valence-corrected chi connectivity index (χ0v) is 22.6. The molecule has 0 amide bonds. The second kappa shape index (κ2) is 12.4. The van der Waals surface area contributed by atoms with Gasteiger partial charge in [0.1, 0.15) is 8.24 Å². The molecule has 0 N–H and O–H groups in total. The van der Waals surface area contributed by atoms with Crippen molar-refractivity contribution < 1.29 is 17.0 Å². The van der Waals surface area contributed by atoms with Crippen molar-refractivity contribution in [3.05, 3.63) is 72.2 Å². The van der Waals surface area contributed by atoms with Gasteiger partial charge in [-0.25, -0.2) is 0 Å². The Labute approximate surface area is 201 Å². The molecule has 4 unspecified atom stereocenters. The topological polar surface area (TPSA) is 31.4 Å². The van der Waals surface area contributed by atoms with E-state index in [1.807, 2.05) is 0 Å². The van der Waals surface area contributed by atoms with Gasteiger partial charge in [0.25, 0.3) is 0 Å². The van der Waals surface area contributed by atoms with E-state index in [2.05, 4.69) is 83.8 Å². The Balaban J connectivity index is 0.000000757. The Morgan fingerprint density at radius 2 is 1.77 bits per heavy atom. The monoisotopic (exact) mass is 498 g/mol. The van der Waals surface area contributed by atoms with Crippen LogP contribution in [0, 0.1) is 25.2 Å². The van der Waals surface area contributed by atoms with E-state index in [0.717, 1.165) is 24.8 Å². The van der Waals surface area contributed by atoms with Crippen molar-refractivity contribution in [1.82, 2.24) is 4.57 Å². The minimum atomic E-state index is -1.62. The van der Waals surface area contributed by atoms with Crippen LogP contribution in [0.15, 0.2) is 48.6 Å². The van der Waals surface area contributed by atoms with Crippen LogP contribution in [0.25, 0.3) is 16.2 Å². The van der Waals surface area contributed by atoms with Crippen molar-refractivity contribution in [1.29, 1.82) is 0 Å². The summed E-state index contributed by atoms with van der Waals surface area (Å²) < 4.78 is 2.63. The molecule has 0 radical (unpaired) electrons. The molecule has 4 atom stereocenters. The number of fused-ring (bicyclic) bond motifs is 1. The van der Waals surface area contributed by atoms with Crippen LogP contribution in [-0.2, 0) is 17.0 Å². The van der Waals surface area contributed by atoms with Gasteiger partial charge >= 0.3 is 35.6 Å². The van der Waals surface area contributed by atoms with Crippen molar-refractivity contribution >= 4 is 32.4 Å². The molecule has 7 heteroatoms. The number of hydrogen-bond donors (Lipinski definition) is 0. The van der Waals surface area contributed by atoms with Crippen molar-refractivity contribution in [2.24, 2.45) is 17.8 Å². The minimum absolute atomic E-state index is 0. The molecule has 4 rings (SSSR count). The Morgan fingerprint density at radius 1 is 1.13 bits per heavy atom. The summed E-state index contributed by atoms with van der Waals surface area (Å²) in [6.07, 6.45) is 9.82. The third kappa shape index (κ3) is 5.71. The average molecular weight is 499 g/mol. The Bertz CT molecular complexity index is 708. The summed E-state index contributed by atoms with van der Waals surface area (Å²) in [5.74, 6) is 2.15. The van der Waals surface area contributed by atoms with Gasteiger partial charge in [0, 0.05) is 0 Å². The van der Waals surface area contributed by atoms with Crippen molar-refractivity contribution in [2.75, 3.05) is 20.0 Å². The third-order valence-electron chi connectivity index (χ3n) is 6.96. The molecule has 1 aromatic rings. The van der Waals surface area contributed by atoms with Crippen LogP contribution in [0.2, 0.25) is 18.6 Å². The summed E-state index contributed by atoms with van der Waals surface area (Å²) in [5, 5.41) is 9.16. The summed E-state index contributed by atoms with van der Waals surface area (Å²) in [6, 6.07) is 11.0. The molecule has 0 bridgehead atoms. The molecular weight excluding hydrogens is 465 g/mol. The van der Waals surface area contributed by atoms with Gasteiger partial charge in [0.2, 0.25) is 0 Å². The zero-order valence-electron chi connectivity index (χ0n) is 18.6. The number of rotatable bonds is 4. The van der Waals surface area contributed by atoms with Gasteiger partial charge in [0.15, 0.2) is 0 Å². The molecule has 3 aliphatic rings. The summed E-state index contributed by atoms with van der Waals surface area (Å²) in [7, 11) is 8.15. The fourth-order valence-corrected chi connectivity index (χ4v) is 9.79. The van der Waals surface area contributed by atoms with Gasteiger partial charge in [-0.05, 0) is 40.9 Å². The Hall–Kier alpha value is 0.0912. The maximum absolute atomic E-state index is 4.89. The molecule has 1 heterocycles. The second-order valence-electron chi connectivity index (χ2n) is 8.62. The standard InChI is InChI=1S/C22H31N3Si.CH3.2ClH.Ti/c1-4-17-13-21-19(18-9-6-5-7-10-18)11-8-12-20(21)22(17)26(2,3)25-15-23-14-24-16-25;;;;/h5-12,17,20-22H,4,13-16H2,1-3H3;1H3;2*1H;/q-2;-1;;;+6/p-2. The molecule has 3 nitrogen and oxygen atoms in total. The van der Waals surface area contributed by atoms with Crippen molar-refractivity contribution in [3.63, 3.8) is 0 Å². The molecular formula is C23H34Cl2N3SiTi+. The van der Waals surface area contributed by atoms with E-state index in [4.69, 9.17) is 18.6 Å². The Morgan fingerprint density at radius 3 is 2.37 bits per heavy atom. The first kappa shape index (κ1) is 26.3. The SMILES string of the molecule is CCC1CC2C(c3ccccc3)=CC=CC2C1[Si](C)(C)N1C[N-]C[N-]C1.[CH3-].[Cl][Ti+4][Cl]. The zero-order chi connectivity index (χ0) is 20.9. The van der Waals surface area contributed by atoms with E-state index in [-0.39, 0.29) is 7.43 Å². The summed E-state index contributed by atoms with van der Waals surface area (Å²) >= 11 is -0.556. The molecule has 1 aromatic carbocycles. The van der Waals surface area contributed by atoms with Crippen LogP contribution < -0.4 is 0 Å². The predicted molar refractivity (Wildman–Crippen MR) is 131 cm³/mol. The number of nitrogens with zero attached hydrogens (tertiary/aromatic N) is 3. The summed E-state index contributed by atoms with van der Waals surface area (Å²) in [6.45, 7) is 9.98. The maximum atomic E-state index is 4.89. The van der Waals surface area contributed by atoms with Crippen LogP contribution in [0.3, 0.4) is 0 Å². The normalized spacial score (nSPS) is 28.8. The second-order valence-corrected chi connectivity index (χ2v) is 15.8. The van der Waals surface area contributed by atoms with Crippen LogP contribution >= 0.6 is 18.6 Å². The molecule has 0 aromatic heterocycles. The molecule has 2 fully saturated rings. The van der Waals surface area contributed by atoms with Gasteiger partial charge in [0.05, 0.1) is 0 Å². The van der Waals surface area contributed by atoms with Gasteiger partial charge in [-0.2, -0.15) is 0 Å². The fraction of sp³-hybridized carbons (Fsp3) is 0.522. The number of allylic oxidation sites excluding steroid dienone is 4. The van der Waals surface area contributed by atoms with E-state index in [1.165, 1.54) is 18.4 Å². The third-order valence-corrected chi connectivity index (χ3v) is 11.4. The summed E-state index contributed by atoms with van der Waals surface area (Å²) in [5.41, 5.74) is 3.74. The van der Waals surface area contributed by atoms with Gasteiger partial charge < -0.3 is 22.6 Å². The molecule has 162 valence electrons. The predicted octanol–water partition coefficient (Wildman–Crippen LogP) is 7.64. The van der Waals surface area contributed by atoms with Crippen molar-refractivity contribution in [2.45, 2.75) is 38.4 Å². The summed E-state index contributed by atoms with van der Waals surface area (Å²) in [4.78, 5) is 0. The van der Waals surface area contributed by atoms with Crippen LogP contribution in [-0.4, -0.2) is 32.8 Å². The molecule has 2 aliphatic carbocycles. The van der Waals surface area contributed by atoms with E-state index in [1.54, 1.807) is 5.57 Å². The number of benzene rings is 1. The first-order valence-corrected chi connectivity index (χ1v) is 17.8. The molecule has 1 saturated carbocycles.